The van der Waals surface area contributed by atoms with Crippen molar-refractivity contribution in [2.45, 2.75) is 123 Å². The second-order valence-corrected chi connectivity index (χ2v) is 9.98. The second kappa shape index (κ2) is 18.4. The Kier molecular flexibility index (Phi) is 15.4. The van der Waals surface area contributed by atoms with Crippen LogP contribution in [0, 0.1) is 11.6 Å². The van der Waals surface area contributed by atoms with Crippen LogP contribution in [0.5, 0.6) is 5.75 Å². The van der Waals surface area contributed by atoms with E-state index < -0.39 is 11.6 Å². The first-order chi connectivity index (χ1) is 17.2. The molecule has 2 aromatic rings. The third-order valence-electron chi connectivity index (χ3n) is 6.89. The van der Waals surface area contributed by atoms with Gasteiger partial charge in [0.15, 0.2) is 11.6 Å². The van der Waals surface area contributed by atoms with Crippen LogP contribution in [0.1, 0.15) is 122 Å². The predicted molar refractivity (Wildman–Crippen MR) is 146 cm³/mol. The molecule has 0 atom stereocenters. The molecule has 0 aliphatic rings. The highest BCUT2D eigenvalue weighted by Gasteiger charge is 2.15. The van der Waals surface area contributed by atoms with E-state index in [-0.39, 0.29) is 5.75 Å². The van der Waals surface area contributed by atoms with Crippen LogP contribution in [-0.2, 0) is 6.42 Å². The zero-order chi connectivity index (χ0) is 25.1. The fourth-order valence-electron chi connectivity index (χ4n) is 4.60. The smallest absolute Gasteiger partial charge is 0.201 e. The Morgan fingerprint density at radius 3 is 1.63 bits per heavy atom. The summed E-state index contributed by atoms with van der Waals surface area (Å²) in [6.07, 6.45) is 21.0. The Hall–Kier alpha value is -1.90. The molecule has 0 radical (unpaired) electrons. The van der Waals surface area contributed by atoms with Crippen molar-refractivity contribution >= 4 is 0 Å². The van der Waals surface area contributed by atoms with Gasteiger partial charge in [0.05, 0.1) is 6.61 Å². The van der Waals surface area contributed by atoms with E-state index in [1.807, 2.05) is 24.3 Å². The van der Waals surface area contributed by atoms with Crippen LogP contribution in [0.3, 0.4) is 0 Å². The third kappa shape index (κ3) is 11.6. The number of benzene rings is 2. The lowest BCUT2D eigenvalue weighted by Gasteiger charge is -2.11. The largest absolute Gasteiger partial charge is 0.490 e. The van der Waals surface area contributed by atoms with Crippen LogP contribution in [0.2, 0.25) is 0 Å². The summed E-state index contributed by atoms with van der Waals surface area (Å²) in [5, 5.41) is 0. The van der Waals surface area contributed by atoms with Crippen molar-refractivity contribution < 1.29 is 13.5 Å². The Morgan fingerprint density at radius 1 is 0.543 bits per heavy atom. The van der Waals surface area contributed by atoms with Crippen LogP contribution >= 0.6 is 0 Å². The average Bonchev–Trinajstić information content (AvgIpc) is 2.87. The minimum Gasteiger partial charge on any atom is -0.490 e. The molecule has 0 saturated heterocycles. The molecule has 2 aromatic carbocycles. The molecule has 0 unspecified atom stereocenters. The monoisotopic (exact) mass is 486 g/mol. The zero-order valence-electron chi connectivity index (χ0n) is 22.4. The Bertz CT molecular complexity index is 800. The van der Waals surface area contributed by atoms with Gasteiger partial charge in [-0.2, -0.15) is 4.39 Å². The van der Waals surface area contributed by atoms with Gasteiger partial charge in [-0.25, -0.2) is 4.39 Å². The molecule has 3 heteroatoms. The first-order valence-corrected chi connectivity index (χ1v) is 14.4. The van der Waals surface area contributed by atoms with E-state index in [4.69, 9.17) is 4.74 Å². The highest BCUT2D eigenvalue weighted by molar-refractivity contribution is 5.65. The number of unbranched alkanes of at least 4 members (excludes halogenated alkanes) is 14. The van der Waals surface area contributed by atoms with Gasteiger partial charge in [0.25, 0.3) is 0 Å². The van der Waals surface area contributed by atoms with Crippen molar-refractivity contribution in [2.75, 3.05) is 6.61 Å². The molecule has 0 fully saturated rings. The van der Waals surface area contributed by atoms with Crippen molar-refractivity contribution in [1.82, 2.24) is 0 Å². The molecule has 0 saturated carbocycles. The van der Waals surface area contributed by atoms with Gasteiger partial charge in [0.2, 0.25) is 5.82 Å². The first kappa shape index (κ1) is 29.3. The molecule has 2 rings (SSSR count). The Labute approximate surface area is 213 Å². The van der Waals surface area contributed by atoms with Crippen molar-refractivity contribution in [3.63, 3.8) is 0 Å². The summed E-state index contributed by atoms with van der Waals surface area (Å²) >= 11 is 0. The van der Waals surface area contributed by atoms with E-state index in [0.717, 1.165) is 19.3 Å². The Balaban J connectivity index is 1.72. The summed E-state index contributed by atoms with van der Waals surface area (Å²) in [7, 11) is 0. The third-order valence-corrected chi connectivity index (χ3v) is 6.89. The predicted octanol–water partition coefficient (Wildman–Crippen LogP) is 10.8. The number of aryl methyl sites for hydroxylation is 1. The van der Waals surface area contributed by atoms with Crippen molar-refractivity contribution in [1.29, 1.82) is 0 Å². The summed E-state index contributed by atoms with van der Waals surface area (Å²) < 4.78 is 34.9. The lowest BCUT2D eigenvalue weighted by atomic mass is 10.00. The maximum absolute atomic E-state index is 14.8. The quantitative estimate of drug-likeness (QED) is 0.169. The fourth-order valence-corrected chi connectivity index (χ4v) is 4.60. The molecular formula is C32H48F2O. The molecule has 0 N–H and O–H groups in total. The lowest BCUT2D eigenvalue weighted by Crippen LogP contribution is -2.02. The maximum atomic E-state index is 14.8. The number of hydrogen-bond donors (Lipinski definition) is 0. The van der Waals surface area contributed by atoms with Gasteiger partial charge in [-0.3, -0.25) is 0 Å². The van der Waals surface area contributed by atoms with E-state index in [2.05, 4.69) is 13.8 Å². The van der Waals surface area contributed by atoms with Crippen LogP contribution in [0.15, 0.2) is 36.4 Å². The SMILES string of the molecule is CCCCCCCCCCOc1ccc(-c2ccc(CCCCCCCCCC)cc2)c(F)c1F. The average molecular weight is 487 g/mol. The Morgan fingerprint density at radius 2 is 1.06 bits per heavy atom. The van der Waals surface area contributed by atoms with Crippen molar-refractivity contribution in [2.24, 2.45) is 0 Å². The number of hydrogen-bond acceptors (Lipinski definition) is 1. The molecule has 0 aromatic heterocycles. The topological polar surface area (TPSA) is 9.23 Å². The molecule has 1 nitrogen and oxygen atoms in total. The zero-order valence-corrected chi connectivity index (χ0v) is 22.4. The van der Waals surface area contributed by atoms with E-state index in [0.29, 0.717) is 17.7 Å². The number of halogens is 2. The summed E-state index contributed by atoms with van der Waals surface area (Å²) in [6.45, 7) is 4.90. The number of ether oxygens (including phenoxy) is 1. The maximum Gasteiger partial charge on any atom is 0.201 e. The molecular weight excluding hydrogens is 438 g/mol. The molecule has 35 heavy (non-hydrogen) atoms. The van der Waals surface area contributed by atoms with Crippen LogP contribution in [-0.4, -0.2) is 6.61 Å². The van der Waals surface area contributed by atoms with Crippen LogP contribution in [0.25, 0.3) is 11.1 Å². The van der Waals surface area contributed by atoms with Gasteiger partial charge < -0.3 is 4.74 Å². The highest BCUT2D eigenvalue weighted by Crippen LogP contribution is 2.30. The molecule has 0 aliphatic carbocycles. The molecule has 0 aliphatic heterocycles. The van der Waals surface area contributed by atoms with Crippen molar-refractivity contribution in [3.05, 3.63) is 53.6 Å². The van der Waals surface area contributed by atoms with E-state index >= 15 is 0 Å². The summed E-state index contributed by atoms with van der Waals surface area (Å²) in [5.41, 5.74) is 2.25. The molecule has 196 valence electrons. The minimum atomic E-state index is -0.884. The summed E-state index contributed by atoms with van der Waals surface area (Å²) in [6, 6.07) is 11.1. The second-order valence-electron chi connectivity index (χ2n) is 9.98. The van der Waals surface area contributed by atoms with Gasteiger partial charge in [-0.1, -0.05) is 128 Å². The minimum absolute atomic E-state index is 0.0144. The highest BCUT2D eigenvalue weighted by atomic mass is 19.2. The standard InChI is InChI=1S/C32H48F2O/c1-3-5-7-9-11-13-15-17-19-27-20-22-28(23-21-27)29-24-25-30(32(34)31(29)33)35-26-18-16-14-12-10-8-6-4-2/h20-25H,3-19,26H2,1-2H3. The van der Waals surface area contributed by atoms with E-state index in [9.17, 15) is 8.78 Å². The van der Waals surface area contributed by atoms with Gasteiger partial charge in [-0.05, 0) is 42.5 Å². The van der Waals surface area contributed by atoms with Crippen molar-refractivity contribution in [3.8, 4) is 16.9 Å². The van der Waals surface area contributed by atoms with Crippen LogP contribution < -0.4 is 4.74 Å². The van der Waals surface area contributed by atoms with Gasteiger partial charge in [0, 0.05) is 5.56 Å². The van der Waals surface area contributed by atoms with E-state index in [1.54, 1.807) is 12.1 Å². The normalized spacial score (nSPS) is 11.2. The molecule has 0 spiro atoms. The molecule has 0 heterocycles. The lowest BCUT2D eigenvalue weighted by molar-refractivity contribution is 0.285. The van der Waals surface area contributed by atoms with Gasteiger partial charge >= 0.3 is 0 Å². The van der Waals surface area contributed by atoms with Crippen LogP contribution in [0.4, 0.5) is 8.78 Å². The number of rotatable bonds is 20. The first-order valence-electron chi connectivity index (χ1n) is 14.4. The fraction of sp³-hybridized carbons (Fsp3) is 0.625. The van der Waals surface area contributed by atoms with E-state index in [1.165, 1.54) is 95.5 Å². The van der Waals surface area contributed by atoms with Gasteiger partial charge in [0.1, 0.15) is 0 Å². The van der Waals surface area contributed by atoms with Gasteiger partial charge in [-0.15, -0.1) is 0 Å². The molecule has 0 bridgehead atoms. The summed E-state index contributed by atoms with van der Waals surface area (Å²) in [5.74, 6) is -1.69. The summed E-state index contributed by atoms with van der Waals surface area (Å²) in [4.78, 5) is 0. The molecule has 0 amide bonds.